The van der Waals surface area contributed by atoms with E-state index in [4.69, 9.17) is 7.85 Å². The van der Waals surface area contributed by atoms with E-state index in [1.165, 1.54) is 11.1 Å². The van der Waals surface area contributed by atoms with Gasteiger partial charge in [0.2, 0.25) is 0 Å². The van der Waals surface area contributed by atoms with Gasteiger partial charge < -0.3 is 10.4 Å². The van der Waals surface area contributed by atoms with Gasteiger partial charge >= 0.3 is 0 Å². The first-order valence-corrected chi connectivity index (χ1v) is 5.89. The lowest BCUT2D eigenvalue weighted by atomic mass is 9.96. The summed E-state index contributed by atoms with van der Waals surface area (Å²) in [5.74, 6) is 0.245. The second kappa shape index (κ2) is 4.42. The molecule has 0 saturated heterocycles. The number of aromatic hydroxyl groups is 1. The van der Waals surface area contributed by atoms with Crippen LogP contribution in [0.15, 0.2) is 24.3 Å². The average molecular weight is 237 g/mol. The number of benzene rings is 1. The van der Waals surface area contributed by atoms with Crippen LogP contribution in [0.25, 0.3) is 11.3 Å². The van der Waals surface area contributed by atoms with Gasteiger partial charge in [-0.2, -0.15) is 10.2 Å². The summed E-state index contributed by atoms with van der Waals surface area (Å²) in [5.41, 5.74) is 4.10. The van der Waals surface area contributed by atoms with Crippen LogP contribution in [0, 0.1) is 0 Å². The molecule has 0 spiro atoms. The molecule has 2 aromatic rings. The van der Waals surface area contributed by atoms with Gasteiger partial charge in [0, 0.05) is 17.7 Å². The molecule has 0 saturated carbocycles. The van der Waals surface area contributed by atoms with Gasteiger partial charge in [-0.3, -0.25) is 0 Å². The van der Waals surface area contributed by atoms with E-state index in [-0.39, 0.29) is 5.75 Å². The molecule has 0 aliphatic carbocycles. The van der Waals surface area contributed by atoms with Gasteiger partial charge in [-0.1, -0.05) is 0 Å². The molecule has 18 heavy (non-hydrogen) atoms. The van der Waals surface area contributed by atoms with Crippen LogP contribution in [0.5, 0.6) is 5.75 Å². The van der Waals surface area contributed by atoms with Crippen LogP contribution < -0.4 is 10.9 Å². The van der Waals surface area contributed by atoms with Gasteiger partial charge in [-0.15, -0.1) is 0 Å². The van der Waals surface area contributed by atoms with E-state index in [2.05, 4.69) is 15.5 Å². The number of nitrogens with one attached hydrogen (secondary N) is 1. The van der Waals surface area contributed by atoms with E-state index >= 15 is 0 Å². The summed E-state index contributed by atoms with van der Waals surface area (Å²) in [6.45, 7) is 1.78. The van der Waals surface area contributed by atoms with Gasteiger partial charge in [-0.25, -0.2) is 0 Å². The highest BCUT2D eigenvalue weighted by atomic mass is 16.3. The fourth-order valence-corrected chi connectivity index (χ4v) is 2.21. The molecule has 5 heteroatoms. The van der Waals surface area contributed by atoms with Crippen molar-refractivity contribution in [2.45, 2.75) is 13.0 Å². The Labute approximate surface area is 106 Å². The Morgan fingerprint density at radius 2 is 2.06 bits per heavy atom. The monoisotopic (exact) mass is 237 g/mol. The molecular weight excluding hydrogens is 225 g/mol. The van der Waals surface area contributed by atoms with E-state index in [1.54, 1.807) is 12.1 Å². The van der Waals surface area contributed by atoms with Crippen molar-refractivity contribution in [2.24, 2.45) is 0 Å². The Bertz CT molecular complexity index is 584. The molecule has 0 bridgehead atoms. The average Bonchev–Trinajstić information content (AvgIpc) is 2.39. The van der Waals surface area contributed by atoms with E-state index in [0.717, 1.165) is 19.5 Å². The van der Waals surface area contributed by atoms with Gasteiger partial charge in [0.1, 0.15) is 13.6 Å². The highest BCUT2D eigenvalue weighted by Gasteiger charge is 2.14. The molecule has 1 aliphatic heterocycles. The summed E-state index contributed by atoms with van der Waals surface area (Å²) in [6.07, 6.45) is 0.941. The van der Waals surface area contributed by atoms with Gasteiger partial charge in [-0.05, 0) is 48.4 Å². The number of phenols is 1. The molecule has 2 N–H and O–H groups in total. The van der Waals surface area contributed by atoms with E-state index < -0.39 is 0 Å². The third-order valence-electron chi connectivity index (χ3n) is 3.17. The molecule has 88 valence electrons. The van der Waals surface area contributed by atoms with Gasteiger partial charge in [0.05, 0.1) is 5.69 Å². The SMILES string of the molecule is [B]c1ccc(-c2cc3c(cc2O)CCNC3)nn1. The van der Waals surface area contributed by atoms with Crippen molar-refractivity contribution in [3.05, 3.63) is 35.4 Å². The summed E-state index contributed by atoms with van der Waals surface area (Å²) in [5, 5.41) is 21.2. The van der Waals surface area contributed by atoms with Gasteiger partial charge in [0.25, 0.3) is 0 Å². The molecule has 2 heterocycles. The predicted molar refractivity (Wildman–Crippen MR) is 69.9 cm³/mol. The summed E-state index contributed by atoms with van der Waals surface area (Å²) >= 11 is 0. The largest absolute Gasteiger partial charge is 0.507 e. The fourth-order valence-electron chi connectivity index (χ4n) is 2.21. The van der Waals surface area contributed by atoms with Crippen molar-refractivity contribution in [2.75, 3.05) is 6.54 Å². The number of hydrogen-bond donors (Lipinski definition) is 2. The number of fused-ring (bicyclic) bond motifs is 1. The first-order valence-electron chi connectivity index (χ1n) is 5.89. The molecule has 3 rings (SSSR count). The van der Waals surface area contributed by atoms with E-state index in [0.29, 0.717) is 16.9 Å². The maximum Gasteiger partial charge on any atom is 0.144 e. The first-order chi connectivity index (χ1) is 8.74. The van der Waals surface area contributed by atoms with Crippen molar-refractivity contribution in [3.8, 4) is 17.0 Å². The maximum atomic E-state index is 10.1. The number of rotatable bonds is 1. The molecule has 2 radical (unpaired) electrons. The van der Waals surface area contributed by atoms with Crippen LogP contribution in [0.2, 0.25) is 0 Å². The molecule has 0 atom stereocenters. The first kappa shape index (κ1) is 11.2. The minimum Gasteiger partial charge on any atom is -0.507 e. The second-order valence-electron chi connectivity index (χ2n) is 4.41. The lowest BCUT2D eigenvalue weighted by Gasteiger charge is -2.18. The molecule has 0 unspecified atom stereocenters. The fraction of sp³-hybridized carbons (Fsp3) is 0.231. The van der Waals surface area contributed by atoms with Gasteiger partial charge in [0.15, 0.2) is 0 Å². The predicted octanol–water partition coefficient (Wildman–Crippen LogP) is 0.289. The highest BCUT2D eigenvalue weighted by Crippen LogP contribution is 2.31. The maximum absolute atomic E-state index is 10.1. The Kier molecular flexibility index (Phi) is 2.76. The Balaban J connectivity index is 2.09. The number of phenolic OH excluding ortho intramolecular Hbond substituents is 1. The molecule has 1 aromatic carbocycles. The molecule has 1 aliphatic rings. The third kappa shape index (κ3) is 1.97. The van der Waals surface area contributed by atoms with Crippen LogP contribution in [0.4, 0.5) is 0 Å². The lowest BCUT2D eigenvalue weighted by Crippen LogP contribution is -2.23. The number of nitrogens with zero attached hydrogens (tertiary/aromatic N) is 2. The molecular formula is C13H12BN3O. The van der Waals surface area contributed by atoms with Crippen LogP contribution in [-0.4, -0.2) is 29.7 Å². The zero-order chi connectivity index (χ0) is 12.5. The molecule has 0 amide bonds. The minimum absolute atomic E-state index is 0.245. The lowest BCUT2D eigenvalue weighted by molar-refractivity contribution is 0.474. The van der Waals surface area contributed by atoms with Crippen LogP contribution >= 0.6 is 0 Å². The Morgan fingerprint density at radius 1 is 1.17 bits per heavy atom. The van der Waals surface area contributed by atoms with Crippen molar-refractivity contribution in [1.82, 2.24) is 15.5 Å². The number of aromatic nitrogens is 2. The standard InChI is InChI=1S/C13H12BN3O/c14-13-2-1-11(16-17-13)10-5-9-7-15-4-3-8(9)6-12(10)18/h1-2,5-6,15,18H,3-4,7H2. The quantitative estimate of drug-likeness (QED) is 0.700. The molecule has 0 fully saturated rings. The van der Waals surface area contributed by atoms with Crippen LogP contribution in [-0.2, 0) is 13.0 Å². The third-order valence-corrected chi connectivity index (χ3v) is 3.17. The summed E-state index contributed by atoms with van der Waals surface area (Å²) in [6, 6.07) is 7.24. The highest BCUT2D eigenvalue weighted by molar-refractivity contribution is 6.30. The smallest absolute Gasteiger partial charge is 0.144 e. The van der Waals surface area contributed by atoms with Crippen molar-refractivity contribution >= 4 is 13.4 Å². The summed E-state index contributed by atoms with van der Waals surface area (Å²) in [4.78, 5) is 0. The zero-order valence-corrected chi connectivity index (χ0v) is 9.85. The van der Waals surface area contributed by atoms with Crippen molar-refractivity contribution in [3.63, 3.8) is 0 Å². The normalized spacial score (nSPS) is 14.2. The molecule has 1 aromatic heterocycles. The Hall–Kier alpha value is -1.88. The number of hydrogen-bond acceptors (Lipinski definition) is 4. The van der Waals surface area contributed by atoms with Crippen LogP contribution in [0.3, 0.4) is 0 Å². The topological polar surface area (TPSA) is 58.0 Å². The van der Waals surface area contributed by atoms with Crippen molar-refractivity contribution in [1.29, 1.82) is 0 Å². The van der Waals surface area contributed by atoms with E-state index in [9.17, 15) is 5.11 Å². The Morgan fingerprint density at radius 3 is 2.83 bits per heavy atom. The zero-order valence-electron chi connectivity index (χ0n) is 9.85. The van der Waals surface area contributed by atoms with E-state index in [1.807, 2.05) is 12.1 Å². The van der Waals surface area contributed by atoms with Crippen LogP contribution in [0.1, 0.15) is 11.1 Å². The van der Waals surface area contributed by atoms with Crippen molar-refractivity contribution < 1.29 is 5.11 Å². The second-order valence-corrected chi connectivity index (χ2v) is 4.41. The molecule has 4 nitrogen and oxygen atoms in total. The summed E-state index contributed by atoms with van der Waals surface area (Å²) in [7, 11) is 5.51. The minimum atomic E-state index is 0.245. The summed E-state index contributed by atoms with van der Waals surface area (Å²) < 4.78 is 0.